The zero-order valence-electron chi connectivity index (χ0n) is 13.6. The molecule has 0 spiro atoms. The van der Waals surface area contributed by atoms with E-state index in [9.17, 15) is 9.59 Å². The third-order valence-corrected chi connectivity index (χ3v) is 5.08. The minimum atomic E-state index is -0.434. The Labute approximate surface area is 164 Å². The van der Waals surface area contributed by atoms with E-state index in [1.165, 1.54) is 0 Å². The van der Waals surface area contributed by atoms with E-state index in [4.69, 9.17) is 28.6 Å². The number of methoxy groups -OCH3 is 1. The second-order valence-corrected chi connectivity index (χ2v) is 7.35. The maximum atomic E-state index is 12.5. The van der Waals surface area contributed by atoms with Crippen LogP contribution in [-0.2, 0) is 4.79 Å². The van der Waals surface area contributed by atoms with Crippen molar-refractivity contribution in [3.63, 3.8) is 0 Å². The first-order valence-corrected chi connectivity index (χ1v) is 9.07. The van der Waals surface area contributed by atoms with Gasteiger partial charge in [0.1, 0.15) is 5.75 Å². The number of thiocarbonyl (C=S) groups is 1. The molecule has 1 aliphatic heterocycles. The van der Waals surface area contributed by atoms with Crippen LogP contribution in [0.25, 0.3) is 6.08 Å². The normalized spacial score (nSPS) is 15.5. The molecule has 1 fully saturated rings. The zero-order valence-corrected chi connectivity index (χ0v) is 16.0. The van der Waals surface area contributed by atoms with E-state index in [1.807, 2.05) is 0 Å². The summed E-state index contributed by atoms with van der Waals surface area (Å²) in [6.45, 7) is 0. The molecule has 0 aliphatic carbocycles. The Hall–Kier alpha value is -2.35. The van der Waals surface area contributed by atoms with Gasteiger partial charge in [0.05, 0.1) is 12.0 Å². The van der Waals surface area contributed by atoms with Crippen molar-refractivity contribution < 1.29 is 14.3 Å². The molecule has 1 saturated heterocycles. The Morgan fingerprint density at radius 2 is 1.85 bits per heavy atom. The van der Waals surface area contributed by atoms with Gasteiger partial charge in [-0.15, -0.1) is 0 Å². The lowest BCUT2D eigenvalue weighted by Gasteiger charge is -2.15. The molecule has 0 bridgehead atoms. The van der Waals surface area contributed by atoms with Crippen LogP contribution < -0.4 is 10.2 Å². The average Bonchev–Trinajstić information content (AvgIpc) is 2.91. The number of amides is 2. The number of rotatable bonds is 4. The summed E-state index contributed by atoms with van der Waals surface area (Å²) in [7, 11) is 1.54. The van der Waals surface area contributed by atoms with E-state index in [0.717, 1.165) is 22.3 Å². The van der Waals surface area contributed by atoms with Gasteiger partial charge in [-0.1, -0.05) is 35.5 Å². The highest BCUT2D eigenvalue weighted by molar-refractivity contribution is 8.26. The Morgan fingerprint density at radius 3 is 2.46 bits per heavy atom. The molecule has 2 amide bonds. The molecule has 1 N–H and O–H groups in total. The number of benzene rings is 2. The number of nitrogens with zero attached hydrogens (tertiary/aromatic N) is 1. The van der Waals surface area contributed by atoms with Crippen LogP contribution in [0.3, 0.4) is 0 Å². The maximum absolute atomic E-state index is 12.5. The van der Waals surface area contributed by atoms with Crippen LogP contribution in [-0.4, -0.2) is 28.3 Å². The molecule has 1 heterocycles. The van der Waals surface area contributed by atoms with E-state index in [-0.39, 0.29) is 10.2 Å². The number of ether oxygens (including phenoxy) is 1. The molecular formula is C18H13ClN2O3S2. The van der Waals surface area contributed by atoms with Gasteiger partial charge in [0, 0.05) is 10.6 Å². The van der Waals surface area contributed by atoms with Crippen molar-refractivity contribution in [2.75, 3.05) is 7.11 Å². The molecule has 2 aromatic rings. The van der Waals surface area contributed by atoms with E-state index in [2.05, 4.69) is 5.43 Å². The number of nitrogens with one attached hydrogen (secondary N) is 1. The molecule has 1 aliphatic rings. The van der Waals surface area contributed by atoms with Gasteiger partial charge in [0.15, 0.2) is 4.32 Å². The van der Waals surface area contributed by atoms with Crippen molar-refractivity contribution in [3.05, 3.63) is 69.6 Å². The number of hydrogen-bond acceptors (Lipinski definition) is 5. The quantitative estimate of drug-likeness (QED) is 0.618. The van der Waals surface area contributed by atoms with Gasteiger partial charge < -0.3 is 4.74 Å². The summed E-state index contributed by atoms with van der Waals surface area (Å²) >= 11 is 12.2. The highest BCUT2D eigenvalue weighted by Gasteiger charge is 2.33. The average molecular weight is 405 g/mol. The molecule has 0 aromatic heterocycles. The molecule has 8 heteroatoms. The van der Waals surface area contributed by atoms with Gasteiger partial charge >= 0.3 is 0 Å². The summed E-state index contributed by atoms with van der Waals surface area (Å²) in [5, 5.41) is 1.69. The van der Waals surface area contributed by atoms with E-state index >= 15 is 0 Å². The Kier molecular flexibility index (Phi) is 5.61. The van der Waals surface area contributed by atoms with Crippen molar-refractivity contribution in [2.24, 2.45) is 0 Å². The predicted octanol–water partition coefficient (Wildman–Crippen LogP) is 3.89. The summed E-state index contributed by atoms with van der Waals surface area (Å²) in [5.74, 6) is -0.174. The summed E-state index contributed by atoms with van der Waals surface area (Å²) in [6.07, 6.45) is 1.70. The molecule has 2 aromatic carbocycles. The van der Waals surface area contributed by atoms with Gasteiger partial charge in [-0.25, -0.2) is 0 Å². The highest BCUT2D eigenvalue weighted by Crippen LogP contribution is 2.31. The molecule has 3 rings (SSSR count). The summed E-state index contributed by atoms with van der Waals surface area (Å²) in [5.41, 5.74) is 3.74. The van der Waals surface area contributed by atoms with Crippen LogP contribution in [0.2, 0.25) is 5.02 Å². The molecular weight excluding hydrogens is 392 g/mol. The van der Waals surface area contributed by atoms with Crippen LogP contribution in [0.4, 0.5) is 0 Å². The SMILES string of the molecule is COc1ccc(C(=O)NN2C(=O)C(=Cc3ccc(Cl)cc3)SC2=S)cc1. The standard InChI is InChI=1S/C18H13ClN2O3S2/c1-24-14-8-4-12(5-9-14)16(22)20-21-17(23)15(26-18(21)25)10-11-2-6-13(19)7-3-11/h2-10H,1H3,(H,20,22). The van der Waals surface area contributed by atoms with Crippen LogP contribution in [0.5, 0.6) is 5.75 Å². The van der Waals surface area contributed by atoms with Crippen molar-refractivity contribution >= 4 is 57.8 Å². The molecule has 0 atom stereocenters. The number of carbonyl (C=O) groups excluding carboxylic acids is 2. The number of carbonyl (C=O) groups is 2. The lowest BCUT2D eigenvalue weighted by molar-refractivity contribution is -0.123. The fourth-order valence-corrected chi connectivity index (χ4v) is 3.49. The number of halogens is 1. The first-order chi connectivity index (χ1) is 12.5. The molecule has 0 saturated carbocycles. The van der Waals surface area contributed by atoms with Gasteiger partial charge in [0.25, 0.3) is 11.8 Å². The van der Waals surface area contributed by atoms with Crippen molar-refractivity contribution in [1.29, 1.82) is 0 Å². The monoisotopic (exact) mass is 404 g/mol. The minimum absolute atomic E-state index is 0.261. The Morgan fingerprint density at radius 1 is 1.19 bits per heavy atom. The Bertz CT molecular complexity index is 896. The summed E-state index contributed by atoms with van der Waals surface area (Å²) in [6, 6.07) is 13.6. The number of hydrazine groups is 1. The predicted molar refractivity (Wildman–Crippen MR) is 107 cm³/mol. The topological polar surface area (TPSA) is 58.6 Å². The first kappa shape index (κ1) is 18.4. The van der Waals surface area contributed by atoms with Gasteiger partial charge in [-0.2, -0.15) is 5.01 Å². The molecule has 26 heavy (non-hydrogen) atoms. The van der Waals surface area contributed by atoms with Gasteiger partial charge in [-0.3, -0.25) is 15.0 Å². The van der Waals surface area contributed by atoms with Gasteiger partial charge in [-0.05, 0) is 60.3 Å². The van der Waals surface area contributed by atoms with Crippen LogP contribution >= 0.6 is 35.6 Å². The Balaban J connectivity index is 1.74. The summed E-state index contributed by atoms with van der Waals surface area (Å²) < 4.78 is 5.32. The highest BCUT2D eigenvalue weighted by atomic mass is 35.5. The van der Waals surface area contributed by atoms with E-state index in [0.29, 0.717) is 21.2 Å². The maximum Gasteiger partial charge on any atom is 0.285 e. The third kappa shape index (κ3) is 4.07. The van der Waals surface area contributed by atoms with Crippen LogP contribution in [0, 0.1) is 0 Å². The fourth-order valence-electron chi connectivity index (χ4n) is 2.18. The second kappa shape index (κ2) is 7.90. The second-order valence-electron chi connectivity index (χ2n) is 5.24. The van der Waals surface area contributed by atoms with Crippen molar-refractivity contribution in [3.8, 4) is 5.75 Å². The van der Waals surface area contributed by atoms with Crippen molar-refractivity contribution in [2.45, 2.75) is 0 Å². The summed E-state index contributed by atoms with van der Waals surface area (Å²) in [4.78, 5) is 25.3. The molecule has 0 radical (unpaired) electrons. The van der Waals surface area contributed by atoms with Gasteiger partial charge in [0.2, 0.25) is 0 Å². The third-order valence-electron chi connectivity index (χ3n) is 3.53. The minimum Gasteiger partial charge on any atom is -0.497 e. The van der Waals surface area contributed by atoms with Crippen LogP contribution in [0.1, 0.15) is 15.9 Å². The fraction of sp³-hybridized carbons (Fsp3) is 0.0556. The molecule has 0 unspecified atom stereocenters. The molecule has 132 valence electrons. The number of hydrogen-bond donors (Lipinski definition) is 1. The smallest absolute Gasteiger partial charge is 0.285 e. The van der Waals surface area contributed by atoms with Crippen molar-refractivity contribution in [1.82, 2.24) is 10.4 Å². The lowest BCUT2D eigenvalue weighted by Crippen LogP contribution is -2.44. The number of thioether (sulfide) groups is 1. The van der Waals surface area contributed by atoms with E-state index in [1.54, 1.807) is 61.7 Å². The first-order valence-electron chi connectivity index (χ1n) is 7.46. The zero-order chi connectivity index (χ0) is 18.7. The molecule has 5 nitrogen and oxygen atoms in total. The lowest BCUT2D eigenvalue weighted by atomic mass is 10.2. The largest absolute Gasteiger partial charge is 0.497 e. The van der Waals surface area contributed by atoms with E-state index < -0.39 is 5.91 Å². The van der Waals surface area contributed by atoms with Crippen LogP contribution in [0.15, 0.2) is 53.4 Å².